The number of nitrogens with zero attached hydrogens (tertiary/aromatic N) is 2. The summed E-state index contributed by atoms with van der Waals surface area (Å²) in [6.07, 6.45) is -1.76. The lowest BCUT2D eigenvalue weighted by Gasteiger charge is -2.31. The largest absolute Gasteiger partial charge is 0.419 e. The molecule has 1 aromatic carbocycles. The molecular weight excluding hydrogens is 456 g/mol. The van der Waals surface area contributed by atoms with E-state index in [9.17, 15) is 27.5 Å². The van der Waals surface area contributed by atoms with Crippen LogP contribution in [0, 0.1) is 5.82 Å². The third-order valence-corrected chi connectivity index (χ3v) is 5.78. The first-order chi connectivity index (χ1) is 16.2. The molecule has 2 atom stereocenters. The van der Waals surface area contributed by atoms with E-state index in [1.807, 2.05) is 13.0 Å². The van der Waals surface area contributed by atoms with E-state index in [-0.39, 0.29) is 24.8 Å². The van der Waals surface area contributed by atoms with E-state index in [1.165, 1.54) is 7.11 Å². The fourth-order valence-corrected chi connectivity index (χ4v) is 3.78. The number of urea groups is 1. The molecule has 0 fully saturated rings. The van der Waals surface area contributed by atoms with E-state index in [0.717, 1.165) is 29.7 Å². The zero-order valence-electron chi connectivity index (χ0n) is 19.0. The summed E-state index contributed by atoms with van der Waals surface area (Å²) in [6, 6.07) is 3.00. The van der Waals surface area contributed by atoms with E-state index in [1.54, 1.807) is 11.1 Å². The first-order valence-electron chi connectivity index (χ1n) is 10.9. The number of aliphatic hydroxyl groups excluding tert-OH is 1. The van der Waals surface area contributed by atoms with Gasteiger partial charge < -0.3 is 25.4 Å². The number of anilines is 1. The smallest absolute Gasteiger partial charge is 0.394 e. The Hall–Kier alpha value is -2.92. The van der Waals surface area contributed by atoms with Gasteiger partial charge in [-0.1, -0.05) is 13.0 Å². The molecule has 3 rings (SSSR count). The van der Waals surface area contributed by atoms with Gasteiger partial charge in [0.15, 0.2) is 0 Å². The Morgan fingerprint density at radius 1 is 1.29 bits per heavy atom. The van der Waals surface area contributed by atoms with Gasteiger partial charge in [-0.2, -0.15) is 13.2 Å². The molecule has 11 heteroatoms. The Morgan fingerprint density at radius 2 is 2.06 bits per heavy atom. The molecule has 2 aromatic rings. The van der Waals surface area contributed by atoms with Gasteiger partial charge in [-0.05, 0) is 47.7 Å². The molecule has 1 aliphatic rings. The summed E-state index contributed by atoms with van der Waals surface area (Å²) in [4.78, 5) is 18.9. The van der Waals surface area contributed by atoms with Crippen LogP contribution >= 0.6 is 0 Å². The van der Waals surface area contributed by atoms with E-state index >= 15 is 0 Å². The average molecular weight is 484 g/mol. The van der Waals surface area contributed by atoms with Crippen LogP contribution in [0.2, 0.25) is 0 Å². The fraction of sp³-hybridized carbons (Fsp3) is 0.478. The number of benzene rings is 1. The van der Waals surface area contributed by atoms with Crippen molar-refractivity contribution in [3.8, 4) is 0 Å². The number of amides is 2. The summed E-state index contributed by atoms with van der Waals surface area (Å²) in [5.74, 6) is -0.813. The number of carbonyl (C=O) groups is 1. The third kappa shape index (κ3) is 6.15. The number of ether oxygens (including phenoxy) is 1. The number of pyridine rings is 1. The van der Waals surface area contributed by atoms with E-state index in [2.05, 4.69) is 15.6 Å². The lowest BCUT2D eigenvalue weighted by molar-refractivity contribution is -0.140. The molecule has 34 heavy (non-hydrogen) atoms. The van der Waals surface area contributed by atoms with Crippen LogP contribution in [0.15, 0.2) is 30.5 Å². The van der Waals surface area contributed by atoms with Gasteiger partial charge in [0.05, 0.1) is 30.9 Å². The molecule has 0 unspecified atom stereocenters. The van der Waals surface area contributed by atoms with Crippen molar-refractivity contribution >= 4 is 11.8 Å². The topological polar surface area (TPSA) is 86.7 Å². The zero-order chi connectivity index (χ0) is 24.9. The molecule has 7 nitrogen and oxygen atoms in total. The van der Waals surface area contributed by atoms with Crippen LogP contribution in [0.5, 0.6) is 0 Å². The highest BCUT2D eigenvalue weighted by atomic mass is 19.4. The third-order valence-electron chi connectivity index (χ3n) is 5.78. The van der Waals surface area contributed by atoms with Crippen molar-refractivity contribution in [3.05, 3.63) is 58.5 Å². The molecule has 1 aliphatic heterocycles. The second-order valence-corrected chi connectivity index (χ2v) is 8.14. The minimum atomic E-state index is -4.80. The van der Waals surface area contributed by atoms with Crippen molar-refractivity contribution in [2.75, 3.05) is 32.2 Å². The molecule has 186 valence electrons. The molecule has 0 aliphatic carbocycles. The van der Waals surface area contributed by atoms with Crippen molar-refractivity contribution < 1.29 is 32.2 Å². The summed E-state index contributed by atoms with van der Waals surface area (Å²) < 4.78 is 57.8. The summed E-state index contributed by atoms with van der Waals surface area (Å²) in [6.45, 7) is 2.59. The fourth-order valence-electron chi connectivity index (χ4n) is 3.78. The van der Waals surface area contributed by atoms with Gasteiger partial charge in [-0.15, -0.1) is 0 Å². The van der Waals surface area contributed by atoms with Crippen molar-refractivity contribution in [2.45, 2.75) is 44.6 Å². The maximum Gasteiger partial charge on any atom is 0.419 e. The number of rotatable bonds is 8. The number of alkyl halides is 3. The molecule has 3 N–H and O–H groups in total. The van der Waals surface area contributed by atoms with Gasteiger partial charge in [0.2, 0.25) is 0 Å². The maximum atomic E-state index is 14.1. The molecule has 0 saturated carbocycles. The van der Waals surface area contributed by atoms with Gasteiger partial charge in [0.1, 0.15) is 11.6 Å². The van der Waals surface area contributed by atoms with Crippen molar-refractivity contribution in [1.82, 2.24) is 15.2 Å². The monoisotopic (exact) mass is 484 g/mol. The van der Waals surface area contributed by atoms with Crippen LogP contribution in [-0.4, -0.2) is 53.9 Å². The molecule has 0 saturated heterocycles. The number of carbonyl (C=O) groups excluding carboxylic acids is 1. The van der Waals surface area contributed by atoms with Gasteiger partial charge in [-0.25, -0.2) is 14.2 Å². The number of aliphatic hydroxyl groups is 1. The van der Waals surface area contributed by atoms with Gasteiger partial charge >= 0.3 is 12.2 Å². The average Bonchev–Trinajstić information content (AvgIpc) is 2.80. The number of aromatic nitrogens is 1. The first kappa shape index (κ1) is 25.7. The summed E-state index contributed by atoms with van der Waals surface area (Å²) in [5.41, 5.74) is 0.708. The normalized spacial score (nSPS) is 15.4. The van der Waals surface area contributed by atoms with Crippen LogP contribution in [0.25, 0.3) is 0 Å². The summed E-state index contributed by atoms with van der Waals surface area (Å²) in [7, 11) is 1.38. The molecule has 0 spiro atoms. The Morgan fingerprint density at radius 3 is 2.68 bits per heavy atom. The number of methoxy groups -OCH3 is 1. The van der Waals surface area contributed by atoms with Gasteiger partial charge in [0.25, 0.3) is 0 Å². The van der Waals surface area contributed by atoms with E-state index < -0.39 is 29.6 Å². The standard InChI is InChI=1S/C23H28F4N4O3/c1-3-17(12-32)29-21-9-16-11-31(7-6-15(16)10-28-21)22(33)30-20(13-34-2)14-4-5-18(19(24)8-14)23(25,26)27/h4-5,8-10,17,20,32H,3,6-7,11-13H2,1-2H3,(H,28,29)(H,30,33)/t17-,20+/m0/s1. The Balaban J connectivity index is 1.72. The van der Waals surface area contributed by atoms with Gasteiger partial charge in [-0.3, -0.25) is 0 Å². The molecular formula is C23H28F4N4O3. The highest BCUT2D eigenvalue weighted by molar-refractivity contribution is 5.75. The lowest BCUT2D eigenvalue weighted by Crippen LogP contribution is -2.45. The number of hydrogen-bond donors (Lipinski definition) is 3. The predicted molar refractivity (Wildman–Crippen MR) is 118 cm³/mol. The van der Waals surface area contributed by atoms with Crippen molar-refractivity contribution in [1.29, 1.82) is 0 Å². The predicted octanol–water partition coefficient (Wildman–Crippen LogP) is 3.88. The summed E-state index contributed by atoms with van der Waals surface area (Å²) in [5, 5.41) is 15.3. The second-order valence-electron chi connectivity index (χ2n) is 8.14. The number of hydrogen-bond acceptors (Lipinski definition) is 5. The molecule has 0 bridgehead atoms. The van der Waals surface area contributed by atoms with Crippen LogP contribution in [0.3, 0.4) is 0 Å². The van der Waals surface area contributed by atoms with Crippen LogP contribution in [-0.2, 0) is 23.9 Å². The Bertz CT molecular complexity index is 999. The van der Waals surface area contributed by atoms with E-state index in [0.29, 0.717) is 31.4 Å². The molecule has 2 heterocycles. The highest BCUT2D eigenvalue weighted by Gasteiger charge is 2.34. The Labute approximate surface area is 195 Å². The molecule has 2 amide bonds. The minimum Gasteiger partial charge on any atom is -0.394 e. The zero-order valence-corrected chi connectivity index (χ0v) is 19.0. The quantitative estimate of drug-likeness (QED) is 0.495. The lowest BCUT2D eigenvalue weighted by atomic mass is 10.0. The number of nitrogens with one attached hydrogen (secondary N) is 2. The van der Waals surface area contributed by atoms with Crippen LogP contribution in [0.1, 0.15) is 41.6 Å². The Kier molecular flexibility index (Phi) is 8.32. The van der Waals surface area contributed by atoms with Crippen LogP contribution in [0.4, 0.5) is 28.2 Å². The van der Waals surface area contributed by atoms with Crippen LogP contribution < -0.4 is 10.6 Å². The minimum absolute atomic E-state index is 0.0325. The maximum absolute atomic E-state index is 14.1. The van der Waals surface area contributed by atoms with Crippen molar-refractivity contribution in [2.24, 2.45) is 0 Å². The molecule has 1 aromatic heterocycles. The van der Waals surface area contributed by atoms with Gasteiger partial charge in [0, 0.05) is 26.4 Å². The van der Waals surface area contributed by atoms with Crippen molar-refractivity contribution in [3.63, 3.8) is 0 Å². The first-order valence-corrected chi connectivity index (χ1v) is 10.9. The number of fused-ring (bicyclic) bond motifs is 1. The summed E-state index contributed by atoms with van der Waals surface area (Å²) >= 11 is 0. The molecule has 0 radical (unpaired) electrons. The number of halogens is 4. The van der Waals surface area contributed by atoms with E-state index in [4.69, 9.17) is 4.74 Å². The highest BCUT2D eigenvalue weighted by Crippen LogP contribution is 2.32. The second kappa shape index (κ2) is 11.0. The SMILES string of the molecule is CC[C@@H](CO)Nc1cc2c(cn1)CCN(C(=O)N[C@H](COC)c1ccc(C(F)(F)F)c(F)c1)C2.